The zero-order valence-corrected chi connectivity index (χ0v) is 17.0. The van der Waals surface area contributed by atoms with Crippen LogP contribution in [0.15, 0.2) is 36.1 Å². The second-order valence-corrected chi connectivity index (χ2v) is 8.12. The maximum Gasteiger partial charge on any atom is 0.198 e. The molecule has 2 aromatic carbocycles. The van der Waals surface area contributed by atoms with Gasteiger partial charge in [-0.05, 0) is 62.9 Å². The van der Waals surface area contributed by atoms with Gasteiger partial charge < -0.3 is 9.84 Å². The van der Waals surface area contributed by atoms with Crippen molar-refractivity contribution in [3.63, 3.8) is 0 Å². The minimum atomic E-state index is -1.53. The minimum Gasteiger partial charge on any atom is -0.508 e. The fourth-order valence-corrected chi connectivity index (χ4v) is 3.74. The van der Waals surface area contributed by atoms with E-state index in [4.69, 9.17) is 4.74 Å². The van der Waals surface area contributed by atoms with E-state index < -0.39 is 28.7 Å². The van der Waals surface area contributed by atoms with Gasteiger partial charge in [-0.25, -0.2) is 13.2 Å². The highest BCUT2D eigenvalue weighted by Crippen LogP contribution is 2.41. The molecule has 0 unspecified atom stereocenters. The summed E-state index contributed by atoms with van der Waals surface area (Å²) in [6.45, 7) is 8.47. The number of ether oxygens (including phenoxy) is 1. The average molecular weight is 404 g/mol. The Balaban J connectivity index is 2.21. The number of Topliss-reactive ketones (excluding diaryl/α,β-unsaturated/α-hetero) is 1. The third kappa shape index (κ3) is 3.46. The third-order valence-corrected chi connectivity index (χ3v) is 5.19. The fourth-order valence-electron chi connectivity index (χ4n) is 3.74. The second-order valence-electron chi connectivity index (χ2n) is 8.12. The molecule has 1 aliphatic heterocycles. The summed E-state index contributed by atoms with van der Waals surface area (Å²) < 4.78 is 46.9. The molecule has 0 atom stereocenters. The molecule has 3 nitrogen and oxygen atoms in total. The Bertz CT molecular complexity index is 1040. The van der Waals surface area contributed by atoms with E-state index in [1.165, 1.54) is 12.1 Å². The number of halogens is 3. The van der Waals surface area contributed by atoms with Gasteiger partial charge in [0.25, 0.3) is 0 Å². The number of rotatable bonds is 3. The van der Waals surface area contributed by atoms with Gasteiger partial charge in [0.15, 0.2) is 23.2 Å². The smallest absolute Gasteiger partial charge is 0.198 e. The van der Waals surface area contributed by atoms with Crippen molar-refractivity contribution in [1.82, 2.24) is 0 Å². The zero-order valence-electron chi connectivity index (χ0n) is 17.0. The lowest BCUT2D eigenvalue weighted by Crippen LogP contribution is -2.49. The van der Waals surface area contributed by atoms with E-state index in [1.807, 2.05) is 6.92 Å². The van der Waals surface area contributed by atoms with Gasteiger partial charge in [0, 0.05) is 5.56 Å². The van der Waals surface area contributed by atoms with Crippen molar-refractivity contribution in [3.8, 4) is 11.1 Å². The Hall–Kier alpha value is -2.60. The molecule has 0 amide bonds. The van der Waals surface area contributed by atoms with Gasteiger partial charge in [-0.1, -0.05) is 25.1 Å². The summed E-state index contributed by atoms with van der Waals surface area (Å²) in [6.07, 6.45) is 0.472. The average Bonchev–Trinajstić information content (AvgIpc) is 2.65. The van der Waals surface area contributed by atoms with Crippen LogP contribution in [0.1, 0.15) is 45.7 Å². The zero-order chi connectivity index (χ0) is 21.7. The molecule has 1 N–H and O–H groups in total. The predicted octanol–water partition coefficient (Wildman–Crippen LogP) is 5.76. The fraction of sp³-hybridized carbons (Fsp3) is 0.348. The largest absolute Gasteiger partial charge is 0.508 e. The molecular weight excluding hydrogens is 381 g/mol. The third-order valence-electron chi connectivity index (χ3n) is 5.19. The van der Waals surface area contributed by atoms with Crippen LogP contribution in [0.25, 0.3) is 16.7 Å². The lowest BCUT2D eigenvalue weighted by atomic mass is 9.81. The van der Waals surface area contributed by atoms with Crippen LogP contribution in [-0.2, 0) is 16.0 Å². The molecule has 1 aliphatic rings. The number of aliphatic hydroxyl groups is 1. The number of aliphatic hydroxyl groups excluding tert-OH is 1. The number of carbonyl (C=O) groups is 1. The van der Waals surface area contributed by atoms with Crippen LogP contribution in [0.3, 0.4) is 0 Å². The standard InChI is InChI=1S/C23H23F3O3/c1-6-12-11-13(15-9-10-16(24)19(26)18(15)25)7-8-14(12)17-20(27)22(2,3)29-23(4,5)21(17)28/h7-11,27H,6H2,1-5H3. The van der Waals surface area contributed by atoms with Gasteiger partial charge in [-0.2, -0.15) is 0 Å². The van der Waals surface area contributed by atoms with Crippen LogP contribution >= 0.6 is 0 Å². The lowest BCUT2D eigenvalue weighted by Gasteiger charge is -2.40. The van der Waals surface area contributed by atoms with Crippen LogP contribution in [0.5, 0.6) is 0 Å². The first-order valence-electron chi connectivity index (χ1n) is 9.36. The summed E-state index contributed by atoms with van der Waals surface area (Å²) in [4.78, 5) is 13.0. The molecule has 0 saturated heterocycles. The number of ketones is 1. The molecule has 0 spiro atoms. The molecule has 2 aromatic rings. The van der Waals surface area contributed by atoms with Crippen molar-refractivity contribution in [3.05, 3.63) is 64.7 Å². The van der Waals surface area contributed by atoms with Crippen LogP contribution in [-0.4, -0.2) is 22.1 Å². The van der Waals surface area contributed by atoms with Crippen molar-refractivity contribution in [2.24, 2.45) is 0 Å². The molecule has 0 saturated carbocycles. The van der Waals surface area contributed by atoms with Gasteiger partial charge in [-0.15, -0.1) is 0 Å². The summed E-state index contributed by atoms with van der Waals surface area (Å²) >= 11 is 0. The first-order chi connectivity index (χ1) is 13.4. The first-order valence-corrected chi connectivity index (χ1v) is 9.36. The van der Waals surface area contributed by atoms with E-state index >= 15 is 0 Å². The van der Waals surface area contributed by atoms with Crippen molar-refractivity contribution in [1.29, 1.82) is 0 Å². The Kier molecular flexibility index (Phi) is 5.11. The van der Waals surface area contributed by atoms with Crippen LogP contribution in [0.2, 0.25) is 0 Å². The van der Waals surface area contributed by atoms with E-state index in [-0.39, 0.29) is 22.7 Å². The number of benzene rings is 2. The number of hydrogen-bond acceptors (Lipinski definition) is 3. The van der Waals surface area contributed by atoms with Crippen molar-refractivity contribution in [2.75, 3.05) is 0 Å². The molecule has 154 valence electrons. The van der Waals surface area contributed by atoms with Crippen LogP contribution in [0, 0.1) is 17.5 Å². The summed E-state index contributed by atoms with van der Waals surface area (Å²) in [5.41, 5.74) is -0.618. The maximum absolute atomic E-state index is 14.2. The van der Waals surface area contributed by atoms with Gasteiger partial charge in [-0.3, -0.25) is 4.79 Å². The van der Waals surface area contributed by atoms with Gasteiger partial charge >= 0.3 is 0 Å². The molecule has 1 heterocycles. The second kappa shape index (κ2) is 7.02. The highest BCUT2D eigenvalue weighted by atomic mass is 19.2. The van der Waals surface area contributed by atoms with Gasteiger partial charge in [0.1, 0.15) is 17.0 Å². The number of aryl methyl sites for hydroxylation is 1. The van der Waals surface area contributed by atoms with Gasteiger partial charge in [0.05, 0.1) is 5.57 Å². The minimum absolute atomic E-state index is 0.0812. The molecule has 0 aliphatic carbocycles. The maximum atomic E-state index is 14.2. The summed E-state index contributed by atoms with van der Waals surface area (Å²) in [5.74, 6) is -4.61. The monoisotopic (exact) mass is 404 g/mol. The van der Waals surface area contributed by atoms with Crippen molar-refractivity contribution in [2.45, 2.75) is 52.2 Å². The van der Waals surface area contributed by atoms with E-state index in [1.54, 1.807) is 39.8 Å². The first kappa shape index (κ1) is 21.1. The van der Waals surface area contributed by atoms with E-state index in [9.17, 15) is 23.1 Å². The number of hydrogen-bond donors (Lipinski definition) is 1. The molecule has 29 heavy (non-hydrogen) atoms. The SMILES string of the molecule is CCc1cc(-c2ccc(F)c(F)c2F)ccc1C1=C(O)C(C)(C)OC(C)(C)C1=O. The Morgan fingerprint density at radius 1 is 0.931 bits per heavy atom. The van der Waals surface area contributed by atoms with Crippen LogP contribution < -0.4 is 0 Å². The Morgan fingerprint density at radius 3 is 2.17 bits per heavy atom. The number of carbonyl (C=O) groups excluding carboxylic acids is 1. The molecule has 3 rings (SSSR count). The quantitative estimate of drug-likeness (QED) is 0.662. The van der Waals surface area contributed by atoms with Gasteiger partial charge in [0.2, 0.25) is 0 Å². The van der Waals surface area contributed by atoms with Crippen LogP contribution in [0.4, 0.5) is 13.2 Å². The highest BCUT2D eigenvalue weighted by Gasteiger charge is 2.47. The normalized spacial score (nSPS) is 18.3. The van der Waals surface area contributed by atoms with E-state index in [2.05, 4.69) is 0 Å². The molecule has 0 fully saturated rings. The molecule has 0 radical (unpaired) electrons. The highest BCUT2D eigenvalue weighted by molar-refractivity contribution is 6.26. The summed E-state index contributed by atoms with van der Waals surface area (Å²) in [7, 11) is 0. The molecular formula is C23H23F3O3. The van der Waals surface area contributed by atoms with Crippen molar-refractivity contribution >= 4 is 11.4 Å². The Morgan fingerprint density at radius 2 is 1.55 bits per heavy atom. The summed E-state index contributed by atoms with van der Waals surface area (Å²) in [5, 5.41) is 10.8. The molecule has 0 bridgehead atoms. The topological polar surface area (TPSA) is 46.5 Å². The van der Waals surface area contributed by atoms with E-state index in [0.717, 1.165) is 6.07 Å². The predicted molar refractivity (Wildman–Crippen MR) is 105 cm³/mol. The molecule has 6 heteroatoms. The van der Waals surface area contributed by atoms with Crippen molar-refractivity contribution < 1.29 is 27.8 Å². The van der Waals surface area contributed by atoms with E-state index in [0.29, 0.717) is 23.1 Å². The lowest BCUT2D eigenvalue weighted by molar-refractivity contribution is -0.158. The summed E-state index contributed by atoms with van der Waals surface area (Å²) in [6, 6.07) is 6.77. The Labute approximate surface area is 167 Å². The molecule has 0 aromatic heterocycles.